The molecule has 2 aliphatic rings. The Bertz CT molecular complexity index is 1480. The topological polar surface area (TPSA) is 131 Å². The van der Waals surface area contributed by atoms with Crippen LogP contribution in [0.4, 0.5) is 11.4 Å². The largest absolute Gasteiger partial charge is 0.391 e. The minimum Gasteiger partial charge on any atom is -0.391 e. The second kappa shape index (κ2) is 13.2. The van der Waals surface area contributed by atoms with Gasteiger partial charge in [0.05, 0.1) is 35.7 Å². The molecule has 0 bridgehead atoms. The van der Waals surface area contributed by atoms with Gasteiger partial charge in [-0.2, -0.15) is 0 Å². The maximum absolute atomic E-state index is 13.7. The molecule has 1 amide bonds. The molecule has 224 valence electrons. The van der Waals surface area contributed by atoms with Gasteiger partial charge in [-0.1, -0.05) is 54.6 Å². The van der Waals surface area contributed by atoms with Gasteiger partial charge in [0.15, 0.2) is 0 Å². The van der Waals surface area contributed by atoms with Crippen LogP contribution in [0, 0.1) is 0 Å². The lowest BCUT2D eigenvalue weighted by atomic mass is 9.99. The Hall–Kier alpha value is -3.44. The molecule has 1 aliphatic carbocycles. The quantitative estimate of drug-likeness (QED) is 0.231. The molecule has 5 N–H and O–H groups in total. The number of carbonyl (C=O) groups excluding carboxylic acids is 1. The van der Waals surface area contributed by atoms with Crippen LogP contribution < -0.4 is 20.3 Å². The van der Waals surface area contributed by atoms with Gasteiger partial charge in [0, 0.05) is 37.3 Å². The predicted octanol–water partition coefficient (Wildman–Crippen LogP) is 3.00. The van der Waals surface area contributed by atoms with Crippen LogP contribution in [-0.2, 0) is 22.9 Å². The Kier molecular flexibility index (Phi) is 9.47. The molecule has 42 heavy (non-hydrogen) atoms. The van der Waals surface area contributed by atoms with Gasteiger partial charge in [-0.3, -0.25) is 9.10 Å². The molecule has 3 aromatic carbocycles. The first-order valence-corrected chi connectivity index (χ1v) is 16.3. The van der Waals surface area contributed by atoms with E-state index in [2.05, 4.69) is 16.0 Å². The van der Waals surface area contributed by atoms with Crippen molar-refractivity contribution in [1.82, 2.24) is 10.6 Å². The molecule has 1 fully saturated rings. The van der Waals surface area contributed by atoms with E-state index in [9.17, 15) is 23.4 Å². The van der Waals surface area contributed by atoms with Gasteiger partial charge in [-0.25, -0.2) is 8.42 Å². The lowest BCUT2D eigenvalue weighted by Crippen LogP contribution is -2.49. The monoisotopic (exact) mass is 592 g/mol. The van der Waals surface area contributed by atoms with E-state index in [4.69, 9.17) is 0 Å². The Morgan fingerprint density at radius 1 is 1.05 bits per heavy atom. The minimum atomic E-state index is -3.46. The Balaban J connectivity index is 1.37. The summed E-state index contributed by atoms with van der Waals surface area (Å²) in [5, 5.41) is 31.6. The van der Waals surface area contributed by atoms with Gasteiger partial charge >= 0.3 is 0 Å². The number of anilines is 2. The molecule has 0 unspecified atom stereocenters. The highest BCUT2D eigenvalue weighted by molar-refractivity contribution is 7.92. The summed E-state index contributed by atoms with van der Waals surface area (Å²) >= 11 is 0. The van der Waals surface area contributed by atoms with Crippen molar-refractivity contribution >= 4 is 27.3 Å². The average Bonchev–Trinajstić information content (AvgIpc) is 3.30. The predicted molar refractivity (Wildman–Crippen MR) is 165 cm³/mol. The van der Waals surface area contributed by atoms with Crippen molar-refractivity contribution < 1.29 is 23.4 Å². The molecule has 1 heterocycles. The lowest BCUT2D eigenvalue weighted by Gasteiger charge is -2.29. The third kappa shape index (κ3) is 6.95. The van der Waals surface area contributed by atoms with Gasteiger partial charge in [0.25, 0.3) is 5.91 Å². The van der Waals surface area contributed by atoms with Crippen molar-refractivity contribution in [3.63, 3.8) is 0 Å². The number of aliphatic hydroxyl groups is 2. The number of carbonyl (C=O) groups is 1. The van der Waals surface area contributed by atoms with E-state index in [-0.39, 0.29) is 18.3 Å². The fourth-order valence-electron chi connectivity index (χ4n) is 5.88. The molecule has 9 nitrogen and oxygen atoms in total. The van der Waals surface area contributed by atoms with Crippen LogP contribution in [0.15, 0.2) is 72.8 Å². The highest BCUT2D eigenvalue weighted by Gasteiger charge is 2.32. The summed E-state index contributed by atoms with van der Waals surface area (Å²) in [5.74, 6) is -0.324. The van der Waals surface area contributed by atoms with Crippen molar-refractivity contribution in [3.8, 4) is 0 Å². The van der Waals surface area contributed by atoms with E-state index in [0.29, 0.717) is 49.3 Å². The fraction of sp³-hybridized carbons (Fsp3) is 0.406. The summed E-state index contributed by atoms with van der Waals surface area (Å²) in [6.45, 7) is 3.07. The number of fused-ring (bicyclic) bond motifs is 1. The Labute approximate surface area is 248 Å². The van der Waals surface area contributed by atoms with Crippen molar-refractivity contribution in [1.29, 1.82) is 0 Å². The number of rotatable bonds is 11. The number of nitrogens with one attached hydrogen (secondary N) is 3. The zero-order valence-electron chi connectivity index (χ0n) is 23.9. The maximum atomic E-state index is 13.7. The van der Waals surface area contributed by atoms with E-state index in [0.717, 1.165) is 23.1 Å². The van der Waals surface area contributed by atoms with Crippen LogP contribution in [-0.4, -0.2) is 68.2 Å². The van der Waals surface area contributed by atoms with Crippen LogP contribution >= 0.6 is 0 Å². The van der Waals surface area contributed by atoms with Crippen LogP contribution in [0.25, 0.3) is 0 Å². The van der Waals surface area contributed by atoms with Crippen molar-refractivity contribution in [2.75, 3.05) is 35.0 Å². The molecule has 5 rings (SSSR count). The smallest absolute Gasteiger partial charge is 0.251 e. The zero-order valence-corrected chi connectivity index (χ0v) is 24.7. The number of nitrogens with zero attached hydrogens (tertiary/aromatic N) is 1. The molecule has 1 saturated heterocycles. The van der Waals surface area contributed by atoms with Gasteiger partial charge in [0.2, 0.25) is 10.0 Å². The van der Waals surface area contributed by atoms with Gasteiger partial charge in [0.1, 0.15) is 0 Å². The molecule has 0 radical (unpaired) electrons. The maximum Gasteiger partial charge on any atom is 0.251 e. The highest BCUT2D eigenvalue weighted by Crippen LogP contribution is 2.31. The Morgan fingerprint density at radius 2 is 1.81 bits per heavy atom. The summed E-state index contributed by atoms with van der Waals surface area (Å²) in [4.78, 5) is 13.7. The van der Waals surface area contributed by atoms with E-state index in [1.807, 2.05) is 61.5 Å². The number of sulfonamides is 1. The summed E-state index contributed by atoms with van der Waals surface area (Å²) in [7, 11) is -3.46. The second-order valence-corrected chi connectivity index (χ2v) is 13.1. The van der Waals surface area contributed by atoms with Gasteiger partial charge in [-0.15, -0.1) is 0 Å². The molecule has 0 saturated carbocycles. The third-order valence-electron chi connectivity index (χ3n) is 8.03. The molecule has 3 aromatic rings. The first-order chi connectivity index (χ1) is 20.2. The van der Waals surface area contributed by atoms with E-state index < -0.39 is 34.2 Å². The van der Waals surface area contributed by atoms with Crippen LogP contribution in [0.3, 0.4) is 0 Å². The third-order valence-corrected chi connectivity index (χ3v) is 9.90. The summed E-state index contributed by atoms with van der Waals surface area (Å²) in [5.41, 5.74) is 4.46. The molecule has 0 aromatic heterocycles. The number of aliphatic hydroxyl groups excluding tert-OH is 2. The van der Waals surface area contributed by atoms with Crippen LogP contribution in [0.5, 0.6) is 0 Å². The Morgan fingerprint density at radius 3 is 2.57 bits per heavy atom. The second-order valence-electron chi connectivity index (χ2n) is 11.1. The number of benzene rings is 3. The molecule has 10 heteroatoms. The zero-order chi connectivity index (χ0) is 29.7. The molecule has 1 aliphatic heterocycles. The molecular formula is C32H40N4O5S. The molecule has 0 spiro atoms. The van der Waals surface area contributed by atoms with E-state index >= 15 is 0 Å². The van der Waals surface area contributed by atoms with Crippen molar-refractivity contribution in [2.24, 2.45) is 0 Å². The van der Waals surface area contributed by atoms with Gasteiger partial charge in [-0.05, 0) is 61.1 Å². The van der Waals surface area contributed by atoms with Crippen molar-refractivity contribution in [2.45, 2.75) is 56.9 Å². The van der Waals surface area contributed by atoms with Gasteiger partial charge < -0.3 is 26.2 Å². The van der Waals surface area contributed by atoms with E-state index in [1.165, 1.54) is 4.31 Å². The summed E-state index contributed by atoms with van der Waals surface area (Å²) in [6, 6.07) is 21.6. The number of hydrogen-bond acceptors (Lipinski definition) is 7. The molecule has 4 atom stereocenters. The van der Waals surface area contributed by atoms with Crippen LogP contribution in [0.1, 0.15) is 52.9 Å². The standard InChI is InChI=1S/C32H40N4O5S/c1-2-33-25-17-24(18-26(20-25)36-14-8-9-15-42(36,40)41)32(39)35-28(16-22-10-4-3-5-11-22)30(38)21-34-31-27-13-7-6-12-23(27)19-29(31)37/h3-7,10-13,17-18,20,28-31,33-34,37-38H,2,8-9,14-16,19,21H2,1H3,(H,35,39)/t28-,29-,30+,31+/m0/s1. The normalized spacial score (nSPS) is 20.9. The number of hydrogen-bond donors (Lipinski definition) is 5. The first-order valence-electron chi connectivity index (χ1n) is 14.7. The lowest BCUT2D eigenvalue weighted by molar-refractivity contribution is 0.0788. The van der Waals surface area contributed by atoms with Crippen LogP contribution in [0.2, 0.25) is 0 Å². The first kappa shape index (κ1) is 30.0. The highest BCUT2D eigenvalue weighted by atomic mass is 32.2. The average molecular weight is 593 g/mol. The van der Waals surface area contributed by atoms with E-state index in [1.54, 1.807) is 18.2 Å². The summed E-state index contributed by atoms with van der Waals surface area (Å²) in [6.07, 6.45) is 0.744. The summed E-state index contributed by atoms with van der Waals surface area (Å²) < 4.78 is 27.0. The number of amides is 1. The molecular weight excluding hydrogens is 552 g/mol. The van der Waals surface area contributed by atoms with Crippen molar-refractivity contribution in [3.05, 3.63) is 95.1 Å². The fourth-order valence-corrected chi connectivity index (χ4v) is 7.51. The minimum absolute atomic E-state index is 0.0818. The SMILES string of the molecule is CCNc1cc(C(=O)N[C@@H](Cc2ccccc2)[C@H](O)CN[C@@H]2c3ccccc3C[C@@H]2O)cc(N2CCCCS2(=O)=O)c1.